The lowest BCUT2D eigenvalue weighted by Gasteiger charge is -2.31. The van der Waals surface area contributed by atoms with Crippen molar-refractivity contribution >= 4 is 27.3 Å². The van der Waals surface area contributed by atoms with Gasteiger partial charge in [0.2, 0.25) is 0 Å². The molecule has 4 rings (SSSR count). The first-order valence-electron chi connectivity index (χ1n) is 10.1. The average Bonchev–Trinajstić information content (AvgIpc) is 2.78. The Morgan fingerprint density at radius 3 is 2.48 bits per heavy atom. The molecule has 0 aliphatic carbocycles. The highest BCUT2D eigenvalue weighted by Crippen LogP contribution is 2.34. The van der Waals surface area contributed by atoms with E-state index in [2.05, 4.69) is 5.32 Å². The maximum atomic E-state index is 13.3. The van der Waals surface area contributed by atoms with E-state index in [1.165, 1.54) is 4.31 Å². The summed E-state index contributed by atoms with van der Waals surface area (Å²) in [5, 5.41) is 2.93. The largest absolute Gasteiger partial charge is 0.497 e. The van der Waals surface area contributed by atoms with Crippen molar-refractivity contribution in [3.63, 3.8) is 0 Å². The number of carbonyl (C=O) groups is 1. The summed E-state index contributed by atoms with van der Waals surface area (Å²) < 4.78 is 33.1. The Bertz CT molecular complexity index is 1220. The molecule has 1 aliphatic heterocycles. The normalized spacial score (nSPS) is 13.4. The molecule has 7 heteroatoms. The number of hydrogen-bond donors (Lipinski definition) is 1. The van der Waals surface area contributed by atoms with Crippen LogP contribution in [0.3, 0.4) is 0 Å². The van der Waals surface area contributed by atoms with Crippen molar-refractivity contribution in [1.82, 2.24) is 0 Å². The van der Waals surface area contributed by atoms with Gasteiger partial charge in [-0.15, -0.1) is 0 Å². The fourth-order valence-electron chi connectivity index (χ4n) is 3.79. The van der Waals surface area contributed by atoms with E-state index in [0.29, 0.717) is 35.7 Å². The van der Waals surface area contributed by atoms with Crippen LogP contribution in [0.4, 0.5) is 11.4 Å². The van der Waals surface area contributed by atoms with Crippen LogP contribution in [0.15, 0.2) is 71.6 Å². The second kappa shape index (κ2) is 8.43. The summed E-state index contributed by atoms with van der Waals surface area (Å²) in [5.41, 5.74) is 3.70. The number of methoxy groups -OCH3 is 1. The van der Waals surface area contributed by atoms with Crippen LogP contribution >= 0.6 is 0 Å². The number of rotatable bonds is 5. The summed E-state index contributed by atoms with van der Waals surface area (Å²) in [6, 6.07) is 19.2. The van der Waals surface area contributed by atoms with Crippen LogP contribution in [0, 0.1) is 6.92 Å². The van der Waals surface area contributed by atoms with E-state index in [4.69, 9.17) is 4.74 Å². The number of nitrogens with zero attached hydrogens (tertiary/aromatic N) is 1. The van der Waals surface area contributed by atoms with Gasteiger partial charge in [-0.1, -0.05) is 18.2 Å². The first-order chi connectivity index (χ1) is 14.9. The molecule has 6 nitrogen and oxygen atoms in total. The molecule has 0 spiro atoms. The third kappa shape index (κ3) is 4.14. The summed E-state index contributed by atoms with van der Waals surface area (Å²) in [6.45, 7) is 2.31. The molecule has 1 heterocycles. The molecule has 0 unspecified atom stereocenters. The Kier molecular flexibility index (Phi) is 5.69. The summed E-state index contributed by atoms with van der Waals surface area (Å²) in [7, 11) is -2.15. The van der Waals surface area contributed by atoms with Gasteiger partial charge in [-0.2, -0.15) is 0 Å². The molecule has 0 radical (unpaired) electrons. The number of benzene rings is 3. The smallest absolute Gasteiger partial charge is 0.264 e. The van der Waals surface area contributed by atoms with Crippen LogP contribution in [0.1, 0.15) is 27.9 Å². The second-order valence-corrected chi connectivity index (χ2v) is 9.33. The van der Waals surface area contributed by atoms with Crippen LogP contribution in [0.2, 0.25) is 0 Å². The molecule has 0 saturated carbocycles. The molecule has 1 amide bonds. The summed E-state index contributed by atoms with van der Waals surface area (Å²) >= 11 is 0. The summed E-state index contributed by atoms with van der Waals surface area (Å²) in [5.74, 6) is 0.420. The molecule has 0 saturated heterocycles. The van der Waals surface area contributed by atoms with Crippen molar-refractivity contribution in [2.45, 2.75) is 24.7 Å². The Labute approximate surface area is 182 Å². The molecule has 31 heavy (non-hydrogen) atoms. The fourth-order valence-corrected chi connectivity index (χ4v) is 5.33. The zero-order valence-corrected chi connectivity index (χ0v) is 18.3. The highest BCUT2D eigenvalue weighted by molar-refractivity contribution is 7.92. The minimum atomic E-state index is -3.69. The van der Waals surface area contributed by atoms with Crippen molar-refractivity contribution in [3.8, 4) is 5.75 Å². The van der Waals surface area contributed by atoms with Gasteiger partial charge in [0, 0.05) is 17.8 Å². The summed E-state index contributed by atoms with van der Waals surface area (Å²) in [6.07, 6.45) is 1.45. The summed E-state index contributed by atoms with van der Waals surface area (Å²) in [4.78, 5) is 12.9. The monoisotopic (exact) mass is 436 g/mol. The lowest BCUT2D eigenvalue weighted by atomic mass is 10.0. The standard InChI is InChI=1S/C24H24N2O4S/c1-17-6-3-4-8-22(17)24(27)25-19-9-14-23-18(16-19)7-5-15-26(23)31(28,29)21-12-10-20(30-2)11-13-21/h3-4,6,8-14,16H,5,7,15H2,1-2H3,(H,25,27). The number of carbonyl (C=O) groups excluding carboxylic acids is 1. The number of ether oxygens (including phenoxy) is 1. The van der Waals surface area contributed by atoms with Crippen molar-refractivity contribution < 1.29 is 17.9 Å². The zero-order valence-electron chi connectivity index (χ0n) is 17.5. The third-order valence-electron chi connectivity index (χ3n) is 5.45. The minimum absolute atomic E-state index is 0.184. The highest BCUT2D eigenvalue weighted by atomic mass is 32.2. The van der Waals surface area contributed by atoms with E-state index in [1.54, 1.807) is 49.6 Å². The van der Waals surface area contributed by atoms with Gasteiger partial charge in [-0.3, -0.25) is 9.10 Å². The number of anilines is 2. The van der Waals surface area contributed by atoms with Gasteiger partial charge in [-0.25, -0.2) is 8.42 Å². The molecule has 160 valence electrons. The number of aryl methyl sites for hydroxylation is 2. The van der Waals surface area contributed by atoms with Gasteiger partial charge >= 0.3 is 0 Å². The third-order valence-corrected chi connectivity index (χ3v) is 7.28. The number of amides is 1. The van der Waals surface area contributed by atoms with Gasteiger partial charge in [0.25, 0.3) is 15.9 Å². The molecule has 3 aromatic rings. The molecule has 3 aromatic carbocycles. The Balaban J connectivity index is 1.61. The molecular weight excluding hydrogens is 412 g/mol. The Morgan fingerprint density at radius 1 is 1.03 bits per heavy atom. The highest BCUT2D eigenvalue weighted by Gasteiger charge is 2.29. The minimum Gasteiger partial charge on any atom is -0.497 e. The van der Waals surface area contributed by atoms with E-state index in [0.717, 1.165) is 17.5 Å². The molecule has 0 atom stereocenters. The Morgan fingerprint density at radius 2 is 1.77 bits per heavy atom. The predicted molar refractivity (Wildman–Crippen MR) is 121 cm³/mol. The molecule has 0 bridgehead atoms. The van der Waals surface area contributed by atoms with Crippen LogP contribution in [0.5, 0.6) is 5.75 Å². The fraction of sp³-hybridized carbons (Fsp3) is 0.208. The number of hydrogen-bond acceptors (Lipinski definition) is 4. The lowest BCUT2D eigenvalue weighted by Crippen LogP contribution is -2.35. The Hall–Kier alpha value is -3.32. The SMILES string of the molecule is COc1ccc(S(=O)(=O)N2CCCc3cc(NC(=O)c4ccccc4C)ccc32)cc1. The van der Waals surface area contributed by atoms with E-state index >= 15 is 0 Å². The maximum absolute atomic E-state index is 13.3. The van der Waals surface area contributed by atoms with Crippen molar-refractivity contribution in [3.05, 3.63) is 83.4 Å². The molecule has 1 N–H and O–H groups in total. The van der Waals surface area contributed by atoms with Crippen molar-refractivity contribution in [2.24, 2.45) is 0 Å². The van der Waals surface area contributed by atoms with Crippen LogP contribution in [0.25, 0.3) is 0 Å². The van der Waals surface area contributed by atoms with Crippen LogP contribution in [-0.2, 0) is 16.4 Å². The van der Waals surface area contributed by atoms with Gasteiger partial charge in [-0.05, 0) is 79.4 Å². The van der Waals surface area contributed by atoms with E-state index < -0.39 is 10.0 Å². The second-order valence-electron chi connectivity index (χ2n) is 7.47. The number of fused-ring (bicyclic) bond motifs is 1. The van der Waals surface area contributed by atoms with Crippen LogP contribution in [-0.4, -0.2) is 28.0 Å². The van der Waals surface area contributed by atoms with E-state index in [-0.39, 0.29) is 10.8 Å². The van der Waals surface area contributed by atoms with Gasteiger partial charge in [0.15, 0.2) is 0 Å². The lowest BCUT2D eigenvalue weighted by molar-refractivity contribution is 0.102. The molecule has 1 aliphatic rings. The molecule has 0 aromatic heterocycles. The van der Waals surface area contributed by atoms with Gasteiger partial charge < -0.3 is 10.1 Å². The quantitative estimate of drug-likeness (QED) is 0.643. The van der Waals surface area contributed by atoms with Crippen molar-refractivity contribution in [2.75, 3.05) is 23.3 Å². The van der Waals surface area contributed by atoms with Crippen LogP contribution < -0.4 is 14.4 Å². The van der Waals surface area contributed by atoms with Crippen molar-refractivity contribution in [1.29, 1.82) is 0 Å². The van der Waals surface area contributed by atoms with Gasteiger partial charge in [0.05, 0.1) is 17.7 Å². The van der Waals surface area contributed by atoms with E-state index in [9.17, 15) is 13.2 Å². The topological polar surface area (TPSA) is 75.7 Å². The maximum Gasteiger partial charge on any atom is 0.264 e. The van der Waals surface area contributed by atoms with Gasteiger partial charge in [0.1, 0.15) is 5.75 Å². The predicted octanol–water partition coefficient (Wildman–Crippen LogP) is 4.40. The first-order valence-corrected chi connectivity index (χ1v) is 11.5. The number of sulfonamides is 1. The average molecular weight is 437 g/mol. The van der Waals surface area contributed by atoms with E-state index in [1.807, 2.05) is 31.2 Å². The number of nitrogens with one attached hydrogen (secondary N) is 1. The zero-order chi connectivity index (χ0) is 22.0. The molecular formula is C24H24N2O4S. The molecule has 0 fully saturated rings. The first kappa shape index (κ1) is 20.9.